The molecule has 5 aliphatic rings. The van der Waals surface area contributed by atoms with Crippen molar-refractivity contribution in [2.75, 3.05) is 40.2 Å². The van der Waals surface area contributed by atoms with E-state index < -0.39 is 6.23 Å². The molecule has 3 aromatic carbocycles. The van der Waals surface area contributed by atoms with Crippen LogP contribution in [0.25, 0.3) is 10.8 Å². The van der Waals surface area contributed by atoms with Gasteiger partial charge in [-0.1, -0.05) is 60.7 Å². The van der Waals surface area contributed by atoms with Gasteiger partial charge in [-0.05, 0) is 84.7 Å². The van der Waals surface area contributed by atoms with E-state index in [4.69, 9.17) is 14.2 Å². The lowest BCUT2D eigenvalue weighted by atomic mass is 9.52. The Bertz CT molecular complexity index is 1320. The van der Waals surface area contributed by atoms with Gasteiger partial charge in [0.2, 0.25) is 0 Å². The van der Waals surface area contributed by atoms with Gasteiger partial charge in [0.15, 0.2) is 0 Å². The van der Waals surface area contributed by atoms with Gasteiger partial charge in [-0.3, -0.25) is 9.69 Å². The van der Waals surface area contributed by atoms with E-state index in [1.807, 2.05) is 35.2 Å². The molecule has 3 aromatic rings. The number of amides is 1. The lowest BCUT2D eigenvalue weighted by Gasteiger charge is -2.63. The Labute approximate surface area is 243 Å². The molecule has 1 heterocycles. The van der Waals surface area contributed by atoms with Crippen LogP contribution in [0.2, 0.25) is 0 Å². The molecular weight excluding hydrogens is 512 g/mol. The highest BCUT2D eigenvalue weighted by Gasteiger charge is 2.56. The van der Waals surface area contributed by atoms with E-state index in [2.05, 4.69) is 47.4 Å². The molecule has 2 atom stereocenters. The minimum absolute atomic E-state index is 0.00980. The number of methoxy groups -OCH3 is 1. The zero-order valence-corrected chi connectivity index (χ0v) is 24.1. The first-order chi connectivity index (χ1) is 20.1. The van der Waals surface area contributed by atoms with Crippen molar-refractivity contribution in [3.05, 3.63) is 83.9 Å². The summed E-state index contributed by atoms with van der Waals surface area (Å²) in [6.07, 6.45) is 7.65. The van der Waals surface area contributed by atoms with Crippen molar-refractivity contribution in [3.8, 4) is 0 Å². The fourth-order valence-electron chi connectivity index (χ4n) is 8.94. The molecule has 4 saturated carbocycles. The van der Waals surface area contributed by atoms with Crippen molar-refractivity contribution in [2.45, 2.75) is 56.3 Å². The van der Waals surface area contributed by atoms with E-state index in [9.17, 15) is 4.79 Å². The first kappa shape index (κ1) is 27.1. The molecule has 4 aliphatic carbocycles. The number of ether oxygens (including phenoxy) is 3. The fraction of sp³-hybridized carbons (Fsp3) is 0.514. The third kappa shape index (κ3) is 5.20. The van der Waals surface area contributed by atoms with Crippen molar-refractivity contribution in [1.82, 2.24) is 9.80 Å². The molecule has 1 saturated heterocycles. The fourth-order valence-corrected chi connectivity index (χ4v) is 8.94. The number of carbonyl (C=O) groups excluding carboxylic acids is 1. The first-order valence-electron chi connectivity index (χ1n) is 15.4. The molecule has 6 heteroatoms. The molecule has 0 spiro atoms. The monoisotopic (exact) mass is 554 g/mol. The Morgan fingerprint density at radius 1 is 0.829 bits per heavy atom. The molecule has 8 rings (SSSR count). The maximum Gasteiger partial charge on any atom is 0.256 e. The summed E-state index contributed by atoms with van der Waals surface area (Å²) in [5, 5.41) is 2.40. The number of hydrogen-bond acceptors (Lipinski definition) is 5. The number of benzene rings is 3. The predicted molar refractivity (Wildman–Crippen MR) is 159 cm³/mol. The second-order valence-electron chi connectivity index (χ2n) is 12.8. The van der Waals surface area contributed by atoms with Crippen molar-refractivity contribution in [1.29, 1.82) is 0 Å². The number of piperazine rings is 1. The van der Waals surface area contributed by atoms with Crippen LogP contribution in [-0.2, 0) is 14.2 Å². The lowest BCUT2D eigenvalue weighted by molar-refractivity contribution is -0.193. The SMILES string of the molecule is COCCOCOC1CN(C23CC4CC(CC(C4)C2)C3)CC(c2cccc3ccccc23)N1C(=O)c1ccccc1. The van der Waals surface area contributed by atoms with Crippen LogP contribution >= 0.6 is 0 Å². The Morgan fingerprint density at radius 2 is 1.51 bits per heavy atom. The van der Waals surface area contributed by atoms with Gasteiger partial charge in [0, 0.05) is 31.3 Å². The van der Waals surface area contributed by atoms with Crippen LogP contribution in [-0.4, -0.2) is 67.7 Å². The van der Waals surface area contributed by atoms with Crippen molar-refractivity contribution < 1.29 is 19.0 Å². The van der Waals surface area contributed by atoms with Gasteiger partial charge in [-0.2, -0.15) is 0 Å². The van der Waals surface area contributed by atoms with Crippen LogP contribution < -0.4 is 0 Å². The van der Waals surface area contributed by atoms with Gasteiger partial charge in [-0.25, -0.2) is 0 Å². The molecule has 216 valence electrons. The summed E-state index contributed by atoms with van der Waals surface area (Å²) in [7, 11) is 1.67. The van der Waals surface area contributed by atoms with Crippen LogP contribution in [0, 0.1) is 17.8 Å². The van der Waals surface area contributed by atoms with E-state index in [0.717, 1.165) is 24.3 Å². The number of hydrogen-bond donors (Lipinski definition) is 0. The summed E-state index contributed by atoms with van der Waals surface area (Å²) < 4.78 is 17.5. The van der Waals surface area contributed by atoms with Gasteiger partial charge >= 0.3 is 0 Å². The Balaban J connectivity index is 1.29. The highest BCUT2D eigenvalue weighted by Crippen LogP contribution is 2.58. The van der Waals surface area contributed by atoms with Crippen molar-refractivity contribution >= 4 is 16.7 Å². The molecule has 1 aliphatic heterocycles. The third-order valence-electron chi connectivity index (χ3n) is 10.3. The minimum atomic E-state index is -0.420. The van der Waals surface area contributed by atoms with Crippen LogP contribution in [0.1, 0.15) is 60.5 Å². The smallest absolute Gasteiger partial charge is 0.256 e. The molecule has 6 nitrogen and oxygen atoms in total. The maximum atomic E-state index is 14.4. The minimum Gasteiger partial charge on any atom is -0.382 e. The molecule has 2 unspecified atom stereocenters. The average Bonchev–Trinajstić information content (AvgIpc) is 3.00. The van der Waals surface area contributed by atoms with Crippen LogP contribution in [0.3, 0.4) is 0 Å². The molecule has 0 aromatic heterocycles. The van der Waals surface area contributed by atoms with Crippen LogP contribution in [0.15, 0.2) is 72.8 Å². The second-order valence-corrected chi connectivity index (χ2v) is 12.8. The molecule has 1 amide bonds. The van der Waals surface area contributed by atoms with Crippen molar-refractivity contribution in [2.24, 2.45) is 17.8 Å². The summed E-state index contributed by atoms with van der Waals surface area (Å²) in [4.78, 5) is 19.2. The Kier molecular flexibility index (Phi) is 7.59. The predicted octanol–water partition coefficient (Wildman–Crippen LogP) is 6.27. The molecule has 41 heavy (non-hydrogen) atoms. The molecule has 0 N–H and O–H groups in total. The lowest BCUT2D eigenvalue weighted by Crippen LogP contribution is -2.67. The molecule has 0 radical (unpaired) electrons. The van der Waals surface area contributed by atoms with Gasteiger partial charge in [0.05, 0.1) is 19.3 Å². The standard InChI is InChI=1S/C35H42N2O4/c1-39-14-15-40-24-41-33-23-36(35-19-25-16-26(20-35)18-27(17-25)21-35)22-32(37(33)34(38)29-9-3-2-4-10-29)31-13-7-11-28-8-5-6-12-30(28)31/h2-13,25-27,32-33H,14-24H2,1H3. The van der Waals surface area contributed by atoms with Gasteiger partial charge in [-0.15, -0.1) is 0 Å². The molecular formula is C35H42N2O4. The summed E-state index contributed by atoms with van der Waals surface area (Å²) in [5.74, 6) is 2.55. The van der Waals surface area contributed by atoms with Crippen molar-refractivity contribution in [3.63, 3.8) is 0 Å². The zero-order chi connectivity index (χ0) is 27.8. The second kappa shape index (κ2) is 11.5. The Hall–Kier alpha value is -2.77. The van der Waals surface area contributed by atoms with E-state index in [1.54, 1.807) is 7.11 Å². The topological polar surface area (TPSA) is 51.2 Å². The third-order valence-corrected chi connectivity index (χ3v) is 10.3. The van der Waals surface area contributed by atoms with E-state index in [0.29, 0.717) is 25.3 Å². The quantitative estimate of drug-likeness (QED) is 0.231. The number of carbonyl (C=O) groups is 1. The highest BCUT2D eigenvalue weighted by molar-refractivity contribution is 5.95. The highest BCUT2D eigenvalue weighted by atomic mass is 16.7. The number of rotatable bonds is 9. The largest absolute Gasteiger partial charge is 0.382 e. The van der Waals surface area contributed by atoms with E-state index in [1.165, 1.54) is 54.9 Å². The number of fused-ring (bicyclic) bond motifs is 1. The van der Waals surface area contributed by atoms with E-state index >= 15 is 0 Å². The van der Waals surface area contributed by atoms with Gasteiger partial charge < -0.3 is 19.1 Å². The maximum absolute atomic E-state index is 14.4. The molecule has 5 fully saturated rings. The Morgan fingerprint density at radius 3 is 2.24 bits per heavy atom. The summed E-state index contributed by atoms with van der Waals surface area (Å²) in [6.45, 7) is 2.63. The summed E-state index contributed by atoms with van der Waals surface area (Å²) >= 11 is 0. The van der Waals surface area contributed by atoms with Crippen LogP contribution in [0.4, 0.5) is 0 Å². The summed E-state index contributed by atoms with van der Waals surface area (Å²) in [5.41, 5.74) is 2.09. The van der Waals surface area contributed by atoms with Gasteiger partial charge in [0.25, 0.3) is 5.91 Å². The average molecular weight is 555 g/mol. The first-order valence-corrected chi connectivity index (χ1v) is 15.4. The molecule has 4 bridgehead atoms. The number of nitrogens with zero attached hydrogens (tertiary/aromatic N) is 2. The van der Waals surface area contributed by atoms with Gasteiger partial charge in [0.1, 0.15) is 13.0 Å². The van der Waals surface area contributed by atoms with Crippen LogP contribution in [0.5, 0.6) is 0 Å². The normalized spacial score (nSPS) is 31.1. The zero-order valence-electron chi connectivity index (χ0n) is 24.1. The van der Waals surface area contributed by atoms with E-state index in [-0.39, 0.29) is 24.3 Å². The summed E-state index contributed by atoms with van der Waals surface area (Å²) in [6, 6.07) is 24.6.